The first-order valence-corrected chi connectivity index (χ1v) is 8.74. The lowest BCUT2D eigenvalue weighted by Crippen LogP contribution is -2.48. The van der Waals surface area contributed by atoms with Gasteiger partial charge in [0.05, 0.1) is 32.2 Å². The number of aromatic nitrogens is 5. The van der Waals surface area contributed by atoms with E-state index in [0.717, 1.165) is 18.1 Å². The van der Waals surface area contributed by atoms with Crippen LogP contribution in [-0.2, 0) is 18.3 Å². The lowest BCUT2D eigenvalue weighted by molar-refractivity contribution is -0.00806. The molecule has 0 aromatic carbocycles. The van der Waals surface area contributed by atoms with Gasteiger partial charge in [-0.05, 0) is 12.1 Å². The third-order valence-electron chi connectivity index (χ3n) is 4.36. The molecule has 1 fully saturated rings. The third-order valence-corrected chi connectivity index (χ3v) is 4.36. The Hall–Kier alpha value is -3.14. The molecule has 27 heavy (non-hydrogen) atoms. The van der Waals surface area contributed by atoms with Crippen molar-refractivity contribution in [2.75, 3.05) is 26.7 Å². The van der Waals surface area contributed by atoms with E-state index in [0.29, 0.717) is 37.1 Å². The maximum absolute atomic E-state index is 5.89. The summed E-state index contributed by atoms with van der Waals surface area (Å²) in [7, 11) is 3.67. The number of aliphatic imine (C=N–C) groups is 1. The molecule has 0 spiro atoms. The zero-order chi connectivity index (χ0) is 18.6. The Morgan fingerprint density at radius 3 is 3.15 bits per heavy atom. The van der Waals surface area contributed by atoms with Gasteiger partial charge in [0.1, 0.15) is 11.9 Å². The first-order valence-electron chi connectivity index (χ1n) is 8.74. The van der Waals surface area contributed by atoms with E-state index < -0.39 is 0 Å². The number of nitrogens with zero attached hydrogens (tertiary/aromatic N) is 6. The van der Waals surface area contributed by atoms with Crippen LogP contribution < -0.4 is 5.32 Å². The highest BCUT2D eigenvalue weighted by Gasteiger charge is 2.25. The molecule has 1 unspecified atom stereocenters. The molecule has 142 valence electrons. The van der Waals surface area contributed by atoms with E-state index in [1.807, 2.05) is 31.6 Å². The molecule has 0 bridgehead atoms. The van der Waals surface area contributed by atoms with Crippen molar-refractivity contribution in [1.82, 2.24) is 35.2 Å². The molecule has 1 aliphatic rings. The summed E-state index contributed by atoms with van der Waals surface area (Å²) in [4.78, 5) is 11.0. The van der Waals surface area contributed by atoms with Crippen LogP contribution in [-0.4, -0.2) is 62.6 Å². The fourth-order valence-electron chi connectivity index (χ4n) is 3.04. The molecule has 3 aromatic rings. The predicted molar refractivity (Wildman–Crippen MR) is 97.8 cm³/mol. The third kappa shape index (κ3) is 3.85. The summed E-state index contributed by atoms with van der Waals surface area (Å²) in [6, 6.07) is 3.63. The summed E-state index contributed by atoms with van der Waals surface area (Å²) in [5, 5.41) is 14.7. The number of H-pyrrole nitrogens is 1. The van der Waals surface area contributed by atoms with Crippen molar-refractivity contribution >= 4 is 5.96 Å². The second kappa shape index (κ2) is 7.62. The SMILES string of the molecule is CN=C(NCc1nc(-c2ccco2)n[nH]1)N1CCOC(c2cnn(C)c2)C1. The molecule has 0 saturated carbocycles. The molecule has 4 rings (SSSR count). The van der Waals surface area contributed by atoms with E-state index in [-0.39, 0.29) is 6.10 Å². The van der Waals surface area contributed by atoms with E-state index in [9.17, 15) is 0 Å². The molecule has 0 aliphatic carbocycles. The molecular formula is C17H22N8O2. The van der Waals surface area contributed by atoms with E-state index in [2.05, 4.69) is 35.5 Å². The van der Waals surface area contributed by atoms with Crippen LogP contribution >= 0.6 is 0 Å². The van der Waals surface area contributed by atoms with Gasteiger partial charge >= 0.3 is 0 Å². The summed E-state index contributed by atoms with van der Waals surface area (Å²) in [6.45, 7) is 2.59. The van der Waals surface area contributed by atoms with Gasteiger partial charge in [0, 0.05) is 32.4 Å². The fourth-order valence-corrected chi connectivity index (χ4v) is 3.04. The number of hydrogen-bond donors (Lipinski definition) is 2. The summed E-state index contributed by atoms with van der Waals surface area (Å²) >= 11 is 0. The van der Waals surface area contributed by atoms with Gasteiger partial charge in [0.15, 0.2) is 11.7 Å². The van der Waals surface area contributed by atoms with E-state index in [4.69, 9.17) is 9.15 Å². The van der Waals surface area contributed by atoms with Crippen molar-refractivity contribution in [3.8, 4) is 11.6 Å². The Morgan fingerprint density at radius 2 is 2.41 bits per heavy atom. The normalized spacial score (nSPS) is 18.1. The maximum Gasteiger partial charge on any atom is 0.216 e. The number of rotatable bonds is 4. The van der Waals surface area contributed by atoms with E-state index >= 15 is 0 Å². The molecule has 0 radical (unpaired) electrons. The van der Waals surface area contributed by atoms with Crippen LogP contribution in [0.5, 0.6) is 0 Å². The first kappa shape index (κ1) is 17.3. The quantitative estimate of drug-likeness (QED) is 0.520. The lowest BCUT2D eigenvalue weighted by Gasteiger charge is -2.34. The largest absolute Gasteiger partial charge is 0.461 e. The van der Waals surface area contributed by atoms with Crippen LogP contribution in [0.1, 0.15) is 17.5 Å². The van der Waals surface area contributed by atoms with Crippen LogP contribution in [0.2, 0.25) is 0 Å². The highest BCUT2D eigenvalue weighted by molar-refractivity contribution is 5.80. The molecule has 1 saturated heterocycles. The topological polar surface area (TPSA) is 109 Å². The average Bonchev–Trinajstić information content (AvgIpc) is 3.44. The van der Waals surface area contributed by atoms with Crippen molar-refractivity contribution in [2.45, 2.75) is 12.6 Å². The standard InChI is InChI=1S/C17H22N8O2/c1-18-17(19-9-15-21-16(23-22-15)13-4-3-6-26-13)25-5-7-27-14(11-25)12-8-20-24(2)10-12/h3-4,6,8,10,14H,5,7,9,11H2,1-2H3,(H,18,19)(H,21,22,23). The lowest BCUT2D eigenvalue weighted by atomic mass is 10.1. The second-order valence-electron chi connectivity index (χ2n) is 6.24. The predicted octanol–water partition coefficient (Wildman–Crippen LogP) is 0.947. The van der Waals surface area contributed by atoms with E-state index in [1.54, 1.807) is 18.0 Å². The zero-order valence-electron chi connectivity index (χ0n) is 15.3. The number of nitrogens with one attached hydrogen (secondary N) is 2. The summed E-state index contributed by atoms with van der Waals surface area (Å²) in [6.07, 6.45) is 5.40. The molecular weight excluding hydrogens is 348 g/mol. The molecule has 0 amide bonds. The highest BCUT2D eigenvalue weighted by Crippen LogP contribution is 2.21. The van der Waals surface area contributed by atoms with Crippen molar-refractivity contribution in [3.05, 3.63) is 42.2 Å². The van der Waals surface area contributed by atoms with Crippen LogP contribution in [0.25, 0.3) is 11.6 Å². The van der Waals surface area contributed by atoms with Crippen LogP contribution in [0.3, 0.4) is 0 Å². The Labute approximate surface area is 156 Å². The number of hydrogen-bond acceptors (Lipinski definition) is 6. The maximum atomic E-state index is 5.89. The molecule has 3 aromatic heterocycles. The number of guanidine groups is 1. The van der Waals surface area contributed by atoms with Crippen molar-refractivity contribution in [2.24, 2.45) is 12.0 Å². The first-order chi connectivity index (χ1) is 13.2. The van der Waals surface area contributed by atoms with E-state index in [1.165, 1.54) is 0 Å². The second-order valence-corrected chi connectivity index (χ2v) is 6.24. The summed E-state index contributed by atoms with van der Waals surface area (Å²) in [5.74, 6) is 2.67. The Morgan fingerprint density at radius 1 is 1.48 bits per heavy atom. The van der Waals surface area contributed by atoms with Gasteiger partial charge in [-0.15, -0.1) is 5.10 Å². The average molecular weight is 370 g/mol. The smallest absolute Gasteiger partial charge is 0.216 e. The minimum atomic E-state index is -0.0261. The van der Waals surface area contributed by atoms with Gasteiger partial charge < -0.3 is 19.4 Å². The highest BCUT2D eigenvalue weighted by atomic mass is 16.5. The fraction of sp³-hybridized carbons (Fsp3) is 0.412. The molecule has 4 heterocycles. The summed E-state index contributed by atoms with van der Waals surface area (Å²) in [5.41, 5.74) is 1.07. The van der Waals surface area contributed by atoms with Gasteiger partial charge in [-0.2, -0.15) is 5.10 Å². The van der Waals surface area contributed by atoms with Gasteiger partial charge in [0.2, 0.25) is 5.82 Å². The van der Waals surface area contributed by atoms with Crippen LogP contribution in [0.4, 0.5) is 0 Å². The number of ether oxygens (including phenoxy) is 1. The molecule has 10 heteroatoms. The number of morpholine rings is 1. The summed E-state index contributed by atoms with van der Waals surface area (Å²) < 4.78 is 13.0. The van der Waals surface area contributed by atoms with Crippen LogP contribution in [0.15, 0.2) is 40.2 Å². The number of aryl methyl sites for hydroxylation is 1. The van der Waals surface area contributed by atoms with Crippen molar-refractivity contribution < 1.29 is 9.15 Å². The Bertz CT molecular complexity index is 898. The Balaban J connectivity index is 1.37. The van der Waals surface area contributed by atoms with Crippen LogP contribution in [0, 0.1) is 0 Å². The molecule has 10 nitrogen and oxygen atoms in total. The zero-order valence-corrected chi connectivity index (χ0v) is 15.3. The minimum absolute atomic E-state index is 0.0261. The van der Waals surface area contributed by atoms with Gasteiger partial charge in [-0.3, -0.25) is 14.8 Å². The monoisotopic (exact) mass is 370 g/mol. The van der Waals surface area contributed by atoms with Gasteiger partial charge in [-0.1, -0.05) is 0 Å². The van der Waals surface area contributed by atoms with Crippen molar-refractivity contribution in [1.29, 1.82) is 0 Å². The van der Waals surface area contributed by atoms with Crippen molar-refractivity contribution in [3.63, 3.8) is 0 Å². The Kier molecular flexibility index (Phi) is 4.88. The molecule has 2 N–H and O–H groups in total. The number of furan rings is 1. The van der Waals surface area contributed by atoms with Gasteiger partial charge in [0.25, 0.3) is 0 Å². The van der Waals surface area contributed by atoms with Gasteiger partial charge in [-0.25, -0.2) is 4.98 Å². The molecule has 1 atom stereocenters. The molecule has 1 aliphatic heterocycles. The minimum Gasteiger partial charge on any atom is -0.461 e. The number of aromatic amines is 1.